The molecule has 4 heteroatoms. The molecule has 0 unspecified atom stereocenters. The summed E-state index contributed by atoms with van der Waals surface area (Å²) in [6.07, 6.45) is 10.2. The van der Waals surface area contributed by atoms with Crippen LogP contribution in [-0.2, 0) is 9.59 Å². The standard InChI is InChI=1S/C35H44N2O2/c1-4-23-37-30-18-15-26-27-16-17-29(34(27,2)21-19-28(26)35(30,3)22-20-31(37)38)33(39)36-32(24-11-7-5-8-12-24)25-13-9-6-10-14-25/h4-14,26-30,32H,1,15-23H2,2-3H3,(H,36,39)/t26-,27-,28-,29+,30+,34-,35+/m0/s1. The monoisotopic (exact) mass is 524 g/mol. The van der Waals surface area contributed by atoms with Gasteiger partial charge in [0.05, 0.1) is 6.04 Å². The topological polar surface area (TPSA) is 49.4 Å². The number of likely N-dealkylation sites (tertiary alicyclic amines) is 1. The van der Waals surface area contributed by atoms with Gasteiger partial charge < -0.3 is 10.2 Å². The molecule has 2 aromatic carbocycles. The lowest BCUT2D eigenvalue weighted by Crippen LogP contribution is -2.62. The third-order valence-electron chi connectivity index (χ3n) is 11.6. The zero-order valence-electron chi connectivity index (χ0n) is 23.6. The van der Waals surface area contributed by atoms with Gasteiger partial charge in [0.15, 0.2) is 0 Å². The lowest BCUT2D eigenvalue weighted by atomic mass is 9.46. The summed E-state index contributed by atoms with van der Waals surface area (Å²) in [7, 11) is 0. The van der Waals surface area contributed by atoms with Crippen LogP contribution in [0.1, 0.15) is 82.4 Å². The summed E-state index contributed by atoms with van der Waals surface area (Å²) in [5, 5.41) is 3.51. The van der Waals surface area contributed by atoms with Crippen LogP contribution in [0, 0.1) is 34.5 Å². The lowest BCUT2D eigenvalue weighted by molar-refractivity contribution is -0.161. The molecule has 2 aromatic rings. The minimum Gasteiger partial charge on any atom is -0.345 e. The molecular formula is C35H44N2O2. The van der Waals surface area contributed by atoms with Gasteiger partial charge in [-0.25, -0.2) is 0 Å². The Morgan fingerprint density at radius 1 is 0.923 bits per heavy atom. The Labute approximate surface area is 234 Å². The summed E-state index contributed by atoms with van der Waals surface area (Å²) in [4.78, 5) is 29.1. The number of nitrogens with one attached hydrogen (secondary N) is 1. The number of amides is 2. The first-order valence-electron chi connectivity index (χ1n) is 15.2. The van der Waals surface area contributed by atoms with E-state index in [2.05, 4.69) is 79.2 Å². The Morgan fingerprint density at radius 2 is 1.56 bits per heavy atom. The van der Waals surface area contributed by atoms with Crippen LogP contribution in [0.3, 0.4) is 0 Å². The fourth-order valence-corrected chi connectivity index (χ4v) is 9.69. The van der Waals surface area contributed by atoms with Crippen molar-refractivity contribution >= 4 is 11.8 Å². The van der Waals surface area contributed by atoms with Crippen molar-refractivity contribution in [2.75, 3.05) is 6.54 Å². The molecule has 4 nitrogen and oxygen atoms in total. The van der Waals surface area contributed by atoms with Crippen molar-refractivity contribution in [1.82, 2.24) is 10.2 Å². The van der Waals surface area contributed by atoms with Gasteiger partial charge in [0.2, 0.25) is 11.8 Å². The van der Waals surface area contributed by atoms with Crippen LogP contribution in [-0.4, -0.2) is 29.3 Å². The highest BCUT2D eigenvalue weighted by molar-refractivity contribution is 5.81. The Balaban J connectivity index is 1.23. The van der Waals surface area contributed by atoms with E-state index >= 15 is 0 Å². The number of nitrogens with zero attached hydrogens (tertiary/aromatic N) is 1. The number of fused-ring (bicyclic) bond motifs is 5. The molecule has 3 saturated carbocycles. The molecule has 0 aromatic heterocycles. The third kappa shape index (κ3) is 4.35. The van der Waals surface area contributed by atoms with Gasteiger partial charge >= 0.3 is 0 Å². The van der Waals surface area contributed by atoms with E-state index in [-0.39, 0.29) is 28.7 Å². The van der Waals surface area contributed by atoms with E-state index < -0.39 is 0 Å². The fraction of sp³-hybridized carbons (Fsp3) is 0.543. The molecule has 0 spiro atoms. The molecule has 4 aliphatic rings. The highest BCUT2D eigenvalue weighted by Gasteiger charge is 2.62. The average molecular weight is 525 g/mol. The lowest BCUT2D eigenvalue weighted by Gasteiger charge is -2.62. The maximum atomic E-state index is 14.1. The van der Waals surface area contributed by atoms with Crippen molar-refractivity contribution in [3.05, 3.63) is 84.4 Å². The first-order valence-corrected chi connectivity index (χ1v) is 15.2. The molecule has 1 saturated heterocycles. The number of carbonyl (C=O) groups is 2. The van der Waals surface area contributed by atoms with Gasteiger partial charge in [-0.15, -0.1) is 6.58 Å². The second-order valence-corrected chi connectivity index (χ2v) is 13.2. The van der Waals surface area contributed by atoms with Crippen molar-refractivity contribution < 1.29 is 9.59 Å². The first-order chi connectivity index (χ1) is 18.9. The Bertz CT molecular complexity index is 1170. The van der Waals surface area contributed by atoms with Gasteiger partial charge in [-0.05, 0) is 84.7 Å². The third-order valence-corrected chi connectivity index (χ3v) is 11.6. The van der Waals surface area contributed by atoms with E-state index in [1.54, 1.807) is 0 Å². The zero-order valence-corrected chi connectivity index (χ0v) is 23.6. The molecule has 7 atom stereocenters. The van der Waals surface area contributed by atoms with Crippen LogP contribution in [0.2, 0.25) is 0 Å². The van der Waals surface area contributed by atoms with Crippen LogP contribution < -0.4 is 5.32 Å². The molecule has 2 amide bonds. The summed E-state index contributed by atoms with van der Waals surface area (Å²) in [6, 6.07) is 20.9. The second-order valence-electron chi connectivity index (χ2n) is 13.2. The van der Waals surface area contributed by atoms with E-state index in [9.17, 15) is 9.59 Å². The number of rotatable bonds is 6. The van der Waals surface area contributed by atoms with Crippen molar-refractivity contribution in [2.45, 2.75) is 77.3 Å². The Kier molecular flexibility index (Phi) is 6.93. The van der Waals surface area contributed by atoms with Gasteiger partial charge in [-0.1, -0.05) is 80.6 Å². The SMILES string of the molecule is C=CCN1C(=O)CC[C@]2(C)[C@H]3CC[C@]4(C)[C@@H](C(=O)NC(c5ccccc5)c5ccccc5)CC[C@H]4[C@@H]3CC[C@@H]12. The second kappa shape index (κ2) is 10.3. The molecule has 0 radical (unpaired) electrons. The molecule has 6 rings (SSSR count). The highest BCUT2D eigenvalue weighted by atomic mass is 16.2. The van der Waals surface area contributed by atoms with Crippen molar-refractivity contribution in [1.29, 1.82) is 0 Å². The number of hydrogen-bond acceptors (Lipinski definition) is 2. The Morgan fingerprint density at radius 3 is 2.21 bits per heavy atom. The average Bonchev–Trinajstić information content (AvgIpc) is 3.32. The van der Waals surface area contributed by atoms with Crippen molar-refractivity contribution in [3.8, 4) is 0 Å². The molecule has 4 fully saturated rings. The van der Waals surface area contributed by atoms with Crippen LogP contribution >= 0.6 is 0 Å². The summed E-state index contributed by atoms with van der Waals surface area (Å²) in [5.41, 5.74) is 2.47. The number of benzene rings is 2. The molecular weight excluding hydrogens is 480 g/mol. The molecule has 1 N–H and O–H groups in total. The molecule has 3 aliphatic carbocycles. The molecule has 1 heterocycles. The molecule has 206 valence electrons. The van der Waals surface area contributed by atoms with E-state index in [1.807, 2.05) is 18.2 Å². The summed E-state index contributed by atoms with van der Waals surface area (Å²) in [6.45, 7) is 9.51. The number of hydrogen-bond donors (Lipinski definition) is 1. The fourth-order valence-electron chi connectivity index (χ4n) is 9.69. The van der Waals surface area contributed by atoms with Gasteiger partial charge in [-0.2, -0.15) is 0 Å². The van der Waals surface area contributed by atoms with Crippen LogP contribution in [0.25, 0.3) is 0 Å². The number of piperidine rings is 1. The quantitative estimate of drug-likeness (QED) is 0.417. The zero-order chi connectivity index (χ0) is 27.2. The summed E-state index contributed by atoms with van der Waals surface area (Å²) < 4.78 is 0. The minimum atomic E-state index is -0.135. The smallest absolute Gasteiger partial charge is 0.224 e. The molecule has 0 bridgehead atoms. The summed E-state index contributed by atoms with van der Waals surface area (Å²) >= 11 is 0. The van der Waals surface area contributed by atoms with Crippen LogP contribution in [0.15, 0.2) is 73.3 Å². The highest BCUT2D eigenvalue weighted by Crippen LogP contribution is 2.66. The minimum absolute atomic E-state index is 0.0393. The van der Waals surface area contributed by atoms with E-state index in [1.165, 1.54) is 12.8 Å². The van der Waals surface area contributed by atoms with Gasteiger partial charge in [-0.3, -0.25) is 9.59 Å². The molecule has 1 aliphatic heterocycles. The summed E-state index contributed by atoms with van der Waals surface area (Å²) in [5.74, 6) is 2.45. The predicted octanol–water partition coefficient (Wildman–Crippen LogP) is 6.93. The first kappa shape index (κ1) is 26.3. The Hall–Kier alpha value is -2.88. The molecule has 39 heavy (non-hydrogen) atoms. The van der Waals surface area contributed by atoms with Gasteiger partial charge in [0.1, 0.15) is 0 Å². The van der Waals surface area contributed by atoms with E-state index in [4.69, 9.17) is 0 Å². The maximum absolute atomic E-state index is 14.1. The van der Waals surface area contributed by atoms with Crippen LogP contribution in [0.5, 0.6) is 0 Å². The van der Waals surface area contributed by atoms with Crippen molar-refractivity contribution in [2.24, 2.45) is 34.5 Å². The van der Waals surface area contributed by atoms with Crippen molar-refractivity contribution in [3.63, 3.8) is 0 Å². The normalized spacial score (nSPS) is 35.6. The van der Waals surface area contributed by atoms with E-state index in [0.29, 0.717) is 42.7 Å². The van der Waals surface area contributed by atoms with E-state index in [0.717, 1.165) is 43.2 Å². The maximum Gasteiger partial charge on any atom is 0.224 e. The van der Waals surface area contributed by atoms with Gasteiger partial charge in [0, 0.05) is 24.9 Å². The van der Waals surface area contributed by atoms with Gasteiger partial charge in [0.25, 0.3) is 0 Å². The predicted molar refractivity (Wildman–Crippen MR) is 156 cm³/mol. The number of carbonyl (C=O) groups excluding carboxylic acids is 2. The largest absolute Gasteiger partial charge is 0.345 e. The van der Waals surface area contributed by atoms with Crippen LogP contribution in [0.4, 0.5) is 0 Å².